The van der Waals surface area contributed by atoms with E-state index in [2.05, 4.69) is 23.1 Å². The van der Waals surface area contributed by atoms with Gasteiger partial charge in [-0.2, -0.15) is 0 Å². The fraction of sp³-hybridized carbons (Fsp3) is 0.682. The minimum atomic E-state index is -0.0896. The van der Waals surface area contributed by atoms with Gasteiger partial charge in [0, 0.05) is 19.0 Å². The summed E-state index contributed by atoms with van der Waals surface area (Å²) in [5.74, 6) is 0.910. The average Bonchev–Trinajstić information content (AvgIpc) is 2.69. The van der Waals surface area contributed by atoms with Gasteiger partial charge in [-0.1, -0.05) is 18.6 Å². The predicted molar refractivity (Wildman–Crippen MR) is 107 cm³/mol. The first-order valence-electron chi connectivity index (χ1n) is 10.6. The number of amides is 1. The number of hydrogen-bond acceptors (Lipinski definition) is 4. The van der Waals surface area contributed by atoms with Crippen LogP contribution in [0.1, 0.15) is 50.5 Å². The molecule has 0 aromatic heterocycles. The Labute approximate surface area is 163 Å². The molecule has 5 heteroatoms. The van der Waals surface area contributed by atoms with Gasteiger partial charge in [-0.25, -0.2) is 0 Å². The van der Waals surface area contributed by atoms with Crippen LogP contribution in [-0.4, -0.2) is 66.2 Å². The lowest BCUT2D eigenvalue weighted by atomic mass is 9.95. The summed E-state index contributed by atoms with van der Waals surface area (Å²) >= 11 is 0. The highest BCUT2D eigenvalue weighted by atomic mass is 16.5. The standard InChI is InChI=1S/C22H34N2O3/c25-16-11-22(26)24-14-4-3-13-23-12-2-1-7-20(23)10-9-19-6-5-8-21(18-19)27-17-15-24/h5-6,8,18,20,25H,1-4,7,9-17H2. The third kappa shape index (κ3) is 6.22. The van der Waals surface area contributed by atoms with Crippen LogP contribution >= 0.6 is 0 Å². The highest BCUT2D eigenvalue weighted by molar-refractivity contribution is 5.76. The van der Waals surface area contributed by atoms with Crippen LogP contribution in [0.5, 0.6) is 5.75 Å². The van der Waals surface area contributed by atoms with Crippen molar-refractivity contribution in [3.63, 3.8) is 0 Å². The third-order valence-corrected chi connectivity index (χ3v) is 5.85. The molecule has 1 fully saturated rings. The topological polar surface area (TPSA) is 53.0 Å². The number of aliphatic hydroxyl groups is 1. The van der Waals surface area contributed by atoms with Crippen molar-refractivity contribution in [1.29, 1.82) is 0 Å². The molecule has 3 rings (SSSR count). The molecule has 0 spiro atoms. The molecule has 1 atom stereocenters. The fourth-order valence-corrected chi connectivity index (χ4v) is 4.31. The van der Waals surface area contributed by atoms with Crippen LogP contribution in [0.25, 0.3) is 0 Å². The lowest BCUT2D eigenvalue weighted by Gasteiger charge is -2.36. The summed E-state index contributed by atoms with van der Waals surface area (Å²) in [7, 11) is 0. The maximum absolute atomic E-state index is 12.3. The molecule has 1 unspecified atom stereocenters. The van der Waals surface area contributed by atoms with Gasteiger partial charge in [0.25, 0.3) is 0 Å². The zero-order valence-corrected chi connectivity index (χ0v) is 16.4. The summed E-state index contributed by atoms with van der Waals surface area (Å²) < 4.78 is 5.92. The van der Waals surface area contributed by atoms with Gasteiger partial charge in [0.05, 0.1) is 13.2 Å². The van der Waals surface area contributed by atoms with Crippen LogP contribution in [0.15, 0.2) is 24.3 Å². The van der Waals surface area contributed by atoms with Crippen LogP contribution in [0.2, 0.25) is 0 Å². The number of hydrogen-bond donors (Lipinski definition) is 1. The number of rotatable bonds is 2. The van der Waals surface area contributed by atoms with E-state index in [-0.39, 0.29) is 18.9 Å². The molecule has 2 aliphatic heterocycles. The molecule has 1 N–H and O–H groups in total. The van der Waals surface area contributed by atoms with Crippen molar-refractivity contribution in [2.45, 2.75) is 57.4 Å². The van der Waals surface area contributed by atoms with Crippen LogP contribution < -0.4 is 4.74 Å². The largest absolute Gasteiger partial charge is 0.492 e. The van der Waals surface area contributed by atoms with E-state index >= 15 is 0 Å². The first-order valence-corrected chi connectivity index (χ1v) is 10.6. The number of benzene rings is 1. The van der Waals surface area contributed by atoms with E-state index < -0.39 is 0 Å². The van der Waals surface area contributed by atoms with Crippen molar-refractivity contribution in [3.8, 4) is 5.75 Å². The van der Waals surface area contributed by atoms with Crippen molar-refractivity contribution < 1.29 is 14.6 Å². The van der Waals surface area contributed by atoms with Gasteiger partial charge in [0.1, 0.15) is 12.4 Å². The zero-order valence-electron chi connectivity index (χ0n) is 16.4. The highest BCUT2D eigenvalue weighted by Crippen LogP contribution is 2.23. The molecule has 1 aromatic carbocycles. The summed E-state index contributed by atoms with van der Waals surface area (Å²) in [4.78, 5) is 16.8. The Morgan fingerprint density at radius 2 is 1.89 bits per heavy atom. The van der Waals surface area contributed by atoms with Crippen molar-refractivity contribution >= 4 is 5.91 Å². The molecule has 27 heavy (non-hydrogen) atoms. The van der Waals surface area contributed by atoms with Gasteiger partial charge in [-0.15, -0.1) is 0 Å². The summed E-state index contributed by atoms with van der Waals surface area (Å²) in [6.07, 6.45) is 8.59. The molecule has 0 radical (unpaired) electrons. The molecular weight excluding hydrogens is 340 g/mol. The van der Waals surface area contributed by atoms with Crippen molar-refractivity contribution in [2.24, 2.45) is 0 Å². The van der Waals surface area contributed by atoms with E-state index in [4.69, 9.17) is 9.84 Å². The first kappa shape index (κ1) is 20.2. The molecule has 150 valence electrons. The minimum absolute atomic E-state index is 0.0232. The third-order valence-electron chi connectivity index (χ3n) is 5.85. The van der Waals surface area contributed by atoms with E-state index in [0.29, 0.717) is 19.2 Å². The Bertz CT molecular complexity index is 593. The normalized spacial score (nSPS) is 22.9. The molecule has 1 aromatic rings. The molecule has 0 aliphatic carbocycles. The lowest BCUT2D eigenvalue weighted by molar-refractivity contribution is -0.132. The number of fused-ring (bicyclic) bond motifs is 3. The van der Waals surface area contributed by atoms with Gasteiger partial charge in [-0.3, -0.25) is 4.79 Å². The second-order valence-corrected chi connectivity index (χ2v) is 7.78. The number of carbonyl (C=O) groups is 1. The maximum atomic E-state index is 12.3. The number of piperidine rings is 1. The van der Waals surface area contributed by atoms with Crippen molar-refractivity contribution in [2.75, 3.05) is 39.4 Å². The second kappa shape index (κ2) is 10.7. The second-order valence-electron chi connectivity index (χ2n) is 7.78. The number of ether oxygens (including phenoxy) is 1. The van der Waals surface area contributed by atoms with Crippen LogP contribution in [0.3, 0.4) is 0 Å². The molecule has 0 saturated carbocycles. The maximum Gasteiger partial charge on any atom is 0.224 e. The van der Waals surface area contributed by atoms with Gasteiger partial charge < -0.3 is 19.6 Å². The molecule has 1 saturated heterocycles. The van der Waals surface area contributed by atoms with Crippen LogP contribution in [-0.2, 0) is 11.2 Å². The number of aryl methyl sites for hydroxylation is 1. The van der Waals surface area contributed by atoms with E-state index in [0.717, 1.165) is 38.1 Å². The van der Waals surface area contributed by atoms with Gasteiger partial charge in [-0.05, 0) is 69.3 Å². The number of nitrogens with zero attached hydrogens (tertiary/aromatic N) is 2. The van der Waals surface area contributed by atoms with E-state index in [1.165, 1.54) is 37.8 Å². The molecule has 2 aliphatic rings. The van der Waals surface area contributed by atoms with Crippen molar-refractivity contribution in [3.05, 3.63) is 29.8 Å². The average molecular weight is 375 g/mol. The van der Waals surface area contributed by atoms with E-state index in [9.17, 15) is 4.79 Å². The Morgan fingerprint density at radius 1 is 1.07 bits per heavy atom. The molecule has 2 heterocycles. The summed E-state index contributed by atoms with van der Waals surface area (Å²) in [5.41, 5.74) is 1.33. The van der Waals surface area contributed by atoms with Gasteiger partial charge in [0.15, 0.2) is 0 Å². The lowest BCUT2D eigenvalue weighted by Crippen LogP contribution is -2.41. The van der Waals surface area contributed by atoms with Gasteiger partial charge in [0.2, 0.25) is 5.91 Å². The monoisotopic (exact) mass is 374 g/mol. The SMILES string of the molecule is O=C(CCO)N1CCCCN2CCCCC2CCc2cccc(c2)OCC1. The molecular formula is C22H34N2O3. The Balaban J connectivity index is 1.69. The summed E-state index contributed by atoms with van der Waals surface area (Å²) in [6.45, 7) is 4.07. The smallest absolute Gasteiger partial charge is 0.224 e. The minimum Gasteiger partial charge on any atom is -0.492 e. The quantitative estimate of drug-likeness (QED) is 0.865. The molecule has 1 amide bonds. The first-order chi connectivity index (χ1) is 13.3. The summed E-state index contributed by atoms with van der Waals surface area (Å²) in [6, 6.07) is 9.08. The van der Waals surface area contributed by atoms with Crippen molar-refractivity contribution in [1.82, 2.24) is 9.80 Å². The predicted octanol–water partition coefficient (Wildman–Crippen LogP) is 2.86. The van der Waals surface area contributed by atoms with Gasteiger partial charge >= 0.3 is 0 Å². The Hall–Kier alpha value is -1.59. The van der Waals surface area contributed by atoms with Crippen LogP contribution in [0, 0.1) is 0 Å². The highest BCUT2D eigenvalue weighted by Gasteiger charge is 2.22. The zero-order chi connectivity index (χ0) is 18.9. The number of aliphatic hydroxyl groups excluding tert-OH is 1. The van der Waals surface area contributed by atoms with E-state index in [1.54, 1.807) is 0 Å². The fourth-order valence-electron chi connectivity index (χ4n) is 4.31. The summed E-state index contributed by atoms with van der Waals surface area (Å²) in [5, 5.41) is 9.11. The Kier molecular flexibility index (Phi) is 7.96. The molecule has 5 nitrogen and oxygen atoms in total. The van der Waals surface area contributed by atoms with E-state index in [1.807, 2.05) is 11.0 Å². The molecule has 2 bridgehead atoms. The Morgan fingerprint density at radius 3 is 2.74 bits per heavy atom. The van der Waals surface area contributed by atoms with Crippen LogP contribution in [0.4, 0.5) is 0 Å². The number of carbonyl (C=O) groups excluding carboxylic acids is 1.